The number of aliphatic hydroxyl groups excluding tert-OH is 2. The summed E-state index contributed by atoms with van der Waals surface area (Å²) in [6, 6.07) is 5.88. The number of aryl methyl sites for hydroxylation is 1. The Morgan fingerprint density at radius 2 is 2.08 bits per heavy atom. The van der Waals surface area contributed by atoms with Gasteiger partial charge in [-0.3, -0.25) is 0 Å². The van der Waals surface area contributed by atoms with Crippen LogP contribution in [0.4, 0.5) is 0 Å². The quantitative estimate of drug-likeness (QED) is 0.776. The summed E-state index contributed by atoms with van der Waals surface area (Å²) in [5.74, 6) is 2.06. The van der Waals surface area contributed by atoms with Crippen LogP contribution in [0.2, 0.25) is 0 Å². The zero-order valence-corrected chi connectivity index (χ0v) is 14.8. The summed E-state index contributed by atoms with van der Waals surface area (Å²) in [6.45, 7) is 4.26. The molecule has 24 heavy (non-hydrogen) atoms. The number of phenolic OH excluding ortho intramolecular Hbond substituents is 1. The van der Waals surface area contributed by atoms with Gasteiger partial charge in [-0.15, -0.1) is 0 Å². The fourth-order valence-corrected chi connectivity index (χ4v) is 6.31. The Bertz CT molecular complexity index is 628. The largest absolute Gasteiger partial charge is 0.508 e. The maximum absolute atomic E-state index is 11.0. The van der Waals surface area contributed by atoms with Gasteiger partial charge in [-0.2, -0.15) is 0 Å². The summed E-state index contributed by atoms with van der Waals surface area (Å²) in [5.41, 5.74) is 2.68. The van der Waals surface area contributed by atoms with Crippen molar-refractivity contribution >= 4 is 0 Å². The minimum atomic E-state index is -0.381. The van der Waals surface area contributed by atoms with Crippen molar-refractivity contribution in [2.75, 3.05) is 0 Å². The highest BCUT2D eigenvalue weighted by molar-refractivity contribution is 5.40. The number of rotatable bonds is 2. The van der Waals surface area contributed by atoms with Crippen LogP contribution in [0.1, 0.15) is 63.0 Å². The molecule has 0 aromatic heterocycles. The Kier molecular flexibility index (Phi) is 3.92. The molecule has 0 radical (unpaired) electrons. The number of phenols is 1. The molecule has 0 bridgehead atoms. The van der Waals surface area contributed by atoms with E-state index >= 15 is 0 Å². The van der Waals surface area contributed by atoms with Gasteiger partial charge in [-0.05, 0) is 85.0 Å². The summed E-state index contributed by atoms with van der Waals surface area (Å²) in [7, 11) is 0. The predicted molar refractivity (Wildman–Crippen MR) is 93.9 cm³/mol. The van der Waals surface area contributed by atoms with E-state index in [4.69, 9.17) is 0 Å². The van der Waals surface area contributed by atoms with Crippen LogP contribution in [-0.4, -0.2) is 27.5 Å². The van der Waals surface area contributed by atoms with E-state index in [1.165, 1.54) is 11.1 Å². The number of benzene rings is 1. The molecule has 132 valence electrons. The smallest absolute Gasteiger partial charge is 0.115 e. The van der Waals surface area contributed by atoms with Crippen molar-refractivity contribution in [2.45, 2.75) is 70.5 Å². The third-order valence-electron chi connectivity index (χ3n) is 7.67. The van der Waals surface area contributed by atoms with Crippen LogP contribution < -0.4 is 0 Å². The maximum atomic E-state index is 11.0. The Morgan fingerprint density at radius 1 is 1.29 bits per heavy atom. The lowest BCUT2D eigenvalue weighted by atomic mass is 9.55. The van der Waals surface area contributed by atoms with Crippen molar-refractivity contribution in [2.24, 2.45) is 23.2 Å². The molecule has 0 saturated heterocycles. The van der Waals surface area contributed by atoms with Crippen LogP contribution in [0.3, 0.4) is 0 Å². The van der Waals surface area contributed by atoms with E-state index in [0.717, 1.165) is 38.5 Å². The van der Waals surface area contributed by atoms with Crippen LogP contribution >= 0.6 is 0 Å². The third-order valence-corrected chi connectivity index (χ3v) is 7.67. The van der Waals surface area contributed by atoms with Crippen LogP contribution in [0.15, 0.2) is 18.2 Å². The van der Waals surface area contributed by atoms with Crippen molar-refractivity contribution in [1.82, 2.24) is 0 Å². The monoisotopic (exact) mass is 330 g/mol. The van der Waals surface area contributed by atoms with Gasteiger partial charge < -0.3 is 15.3 Å². The lowest BCUT2D eigenvalue weighted by Crippen LogP contribution is -2.45. The highest BCUT2D eigenvalue weighted by atomic mass is 16.3. The van der Waals surface area contributed by atoms with Gasteiger partial charge in [-0.25, -0.2) is 0 Å². The average Bonchev–Trinajstić information content (AvgIpc) is 2.85. The summed E-state index contributed by atoms with van der Waals surface area (Å²) < 4.78 is 0. The second-order valence-electron chi connectivity index (χ2n) is 8.66. The third kappa shape index (κ3) is 2.24. The van der Waals surface area contributed by atoms with E-state index in [2.05, 4.69) is 13.0 Å². The molecule has 2 saturated carbocycles. The highest BCUT2D eigenvalue weighted by Gasteiger charge is 2.58. The molecular formula is C21H30O3. The number of hydrogen-bond acceptors (Lipinski definition) is 3. The molecule has 2 unspecified atom stereocenters. The topological polar surface area (TPSA) is 60.7 Å². The summed E-state index contributed by atoms with van der Waals surface area (Å²) >= 11 is 0. The van der Waals surface area contributed by atoms with Crippen molar-refractivity contribution in [3.05, 3.63) is 29.3 Å². The van der Waals surface area contributed by atoms with E-state index < -0.39 is 0 Å². The van der Waals surface area contributed by atoms with Gasteiger partial charge in [0, 0.05) is 5.92 Å². The van der Waals surface area contributed by atoms with Crippen LogP contribution in [0.25, 0.3) is 0 Å². The van der Waals surface area contributed by atoms with Crippen molar-refractivity contribution in [3.8, 4) is 5.75 Å². The van der Waals surface area contributed by atoms with Gasteiger partial charge in [0.05, 0.1) is 12.2 Å². The number of hydrogen-bond donors (Lipinski definition) is 3. The molecule has 0 aliphatic heterocycles. The van der Waals surface area contributed by atoms with Crippen LogP contribution in [0.5, 0.6) is 5.75 Å². The number of aliphatic hydroxyl groups is 2. The molecule has 0 spiro atoms. The molecule has 3 heteroatoms. The van der Waals surface area contributed by atoms with E-state index in [1.807, 2.05) is 19.1 Å². The van der Waals surface area contributed by atoms with Gasteiger partial charge in [0.25, 0.3) is 0 Å². The van der Waals surface area contributed by atoms with E-state index in [-0.39, 0.29) is 23.5 Å². The average molecular weight is 330 g/mol. The molecule has 7 atom stereocenters. The van der Waals surface area contributed by atoms with E-state index in [1.54, 1.807) is 0 Å². The van der Waals surface area contributed by atoms with E-state index in [0.29, 0.717) is 23.5 Å². The van der Waals surface area contributed by atoms with Crippen molar-refractivity contribution in [3.63, 3.8) is 0 Å². The SMILES string of the molecule is CCC(O)C1C[C@H]2[C@@H]3CCc4cc(O)ccc4[C@H]3CC[C@]2(C)[C@H]1O. The molecule has 3 N–H and O–H groups in total. The molecule has 1 aromatic carbocycles. The molecule has 4 rings (SSSR count). The van der Waals surface area contributed by atoms with E-state index in [9.17, 15) is 15.3 Å². The highest BCUT2D eigenvalue weighted by Crippen LogP contribution is 2.62. The Balaban J connectivity index is 1.66. The fraction of sp³-hybridized carbons (Fsp3) is 0.714. The fourth-order valence-electron chi connectivity index (χ4n) is 6.31. The second kappa shape index (κ2) is 5.74. The summed E-state index contributed by atoms with van der Waals surface area (Å²) in [5, 5.41) is 31.1. The molecule has 3 nitrogen and oxygen atoms in total. The van der Waals surface area contributed by atoms with Crippen LogP contribution in [-0.2, 0) is 6.42 Å². The standard InChI is InChI=1S/C21H30O3/c1-3-19(23)17-11-18-16-6-4-12-10-13(22)5-7-14(12)15(16)8-9-21(18,2)20(17)24/h5,7,10,15-20,22-24H,3-4,6,8-9,11H2,1-2H3/t15-,16-,17?,18+,19?,20+,21+/m1/s1. The zero-order valence-electron chi connectivity index (χ0n) is 14.8. The van der Waals surface area contributed by atoms with Gasteiger partial charge >= 0.3 is 0 Å². The van der Waals surface area contributed by atoms with Crippen molar-refractivity contribution in [1.29, 1.82) is 0 Å². The molecule has 3 aliphatic carbocycles. The Hall–Kier alpha value is -1.06. The second-order valence-corrected chi connectivity index (χ2v) is 8.66. The molecule has 3 aliphatic rings. The molecular weight excluding hydrogens is 300 g/mol. The summed E-state index contributed by atoms with van der Waals surface area (Å²) in [6.07, 6.45) is 5.24. The predicted octanol–water partition coefficient (Wildman–Crippen LogP) is 3.61. The van der Waals surface area contributed by atoms with Gasteiger partial charge in [0.2, 0.25) is 0 Å². The lowest BCUT2D eigenvalue weighted by Gasteiger charge is -2.50. The minimum Gasteiger partial charge on any atom is -0.508 e. The first-order chi connectivity index (χ1) is 11.5. The normalized spacial score (nSPS) is 42.1. The first-order valence-electron chi connectivity index (χ1n) is 9.63. The van der Waals surface area contributed by atoms with Crippen molar-refractivity contribution < 1.29 is 15.3 Å². The van der Waals surface area contributed by atoms with Gasteiger partial charge in [0.15, 0.2) is 0 Å². The van der Waals surface area contributed by atoms with Gasteiger partial charge in [-0.1, -0.05) is 19.9 Å². The van der Waals surface area contributed by atoms with Gasteiger partial charge in [0.1, 0.15) is 5.75 Å². The zero-order chi connectivity index (χ0) is 17.1. The molecule has 0 amide bonds. The molecule has 2 fully saturated rings. The molecule has 0 heterocycles. The maximum Gasteiger partial charge on any atom is 0.115 e. The first kappa shape index (κ1) is 16.4. The molecule has 1 aromatic rings. The number of fused-ring (bicyclic) bond motifs is 5. The number of aromatic hydroxyl groups is 1. The van der Waals surface area contributed by atoms with Crippen LogP contribution in [0, 0.1) is 23.2 Å². The first-order valence-corrected chi connectivity index (χ1v) is 9.63. The Morgan fingerprint density at radius 3 is 2.83 bits per heavy atom. The summed E-state index contributed by atoms with van der Waals surface area (Å²) in [4.78, 5) is 0. The lowest BCUT2D eigenvalue weighted by molar-refractivity contribution is -0.0506. The minimum absolute atomic E-state index is 0.0324. The Labute approximate surface area is 144 Å².